The molecule has 0 spiro atoms. The number of aromatic nitrogens is 1. The minimum absolute atomic E-state index is 0.267. The minimum atomic E-state index is -0.286. The number of hydrogen-bond donors (Lipinski definition) is 1. The second-order valence-electron chi connectivity index (χ2n) is 5.90. The van der Waals surface area contributed by atoms with Crippen LogP contribution in [0, 0.1) is 5.82 Å². The SMILES string of the molecule is C=CCOc1ccc(-c2ccc(/C=C/CCCC(C)O)c(F)c2)cn1. The van der Waals surface area contributed by atoms with Gasteiger partial charge in [-0.3, -0.25) is 0 Å². The minimum Gasteiger partial charge on any atom is -0.473 e. The fourth-order valence-corrected chi connectivity index (χ4v) is 2.36. The van der Waals surface area contributed by atoms with Crippen molar-refractivity contribution in [2.24, 2.45) is 0 Å². The Kier molecular flexibility index (Phi) is 7.36. The first-order chi connectivity index (χ1) is 12.1. The van der Waals surface area contributed by atoms with Crippen LogP contribution in [0.25, 0.3) is 17.2 Å². The lowest BCUT2D eigenvalue weighted by molar-refractivity contribution is 0.182. The molecule has 0 bridgehead atoms. The van der Waals surface area contributed by atoms with E-state index in [0.717, 1.165) is 30.4 Å². The van der Waals surface area contributed by atoms with Gasteiger partial charge in [-0.1, -0.05) is 36.9 Å². The molecule has 0 fully saturated rings. The highest BCUT2D eigenvalue weighted by Crippen LogP contribution is 2.23. The van der Waals surface area contributed by atoms with Crippen molar-refractivity contribution in [2.75, 3.05) is 6.61 Å². The van der Waals surface area contributed by atoms with Gasteiger partial charge in [0.15, 0.2) is 0 Å². The Bertz CT molecular complexity index is 708. The molecule has 0 radical (unpaired) electrons. The van der Waals surface area contributed by atoms with Crippen molar-refractivity contribution in [1.29, 1.82) is 0 Å². The maximum atomic E-state index is 14.3. The van der Waals surface area contributed by atoms with Crippen LogP contribution in [0.5, 0.6) is 5.88 Å². The van der Waals surface area contributed by atoms with Crippen molar-refractivity contribution >= 4 is 6.08 Å². The van der Waals surface area contributed by atoms with Gasteiger partial charge in [-0.15, -0.1) is 0 Å². The van der Waals surface area contributed by atoms with Crippen LogP contribution >= 0.6 is 0 Å². The number of unbranched alkanes of at least 4 members (excludes halogenated alkanes) is 1. The van der Waals surface area contributed by atoms with Gasteiger partial charge in [0, 0.05) is 23.4 Å². The van der Waals surface area contributed by atoms with E-state index in [0.29, 0.717) is 18.1 Å². The molecule has 0 aliphatic heterocycles. The molecule has 2 aromatic rings. The van der Waals surface area contributed by atoms with Crippen LogP contribution in [0.1, 0.15) is 31.7 Å². The molecule has 0 saturated carbocycles. The molecule has 3 nitrogen and oxygen atoms in total. The van der Waals surface area contributed by atoms with E-state index < -0.39 is 0 Å². The summed E-state index contributed by atoms with van der Waals surface area (Å²) >= 11 is 0. The van der Waals surface area contributed by atoms with Crippen molar-refractivity contribution in [3.05, 3.63) is 66.6 Å². The second-order valence-corrected chi connectivity index (χ2v) is 5.90. The van der Waals surface area contributed by atoms with Gasteiger partial charge in [-0.05, 0) is 43.9 Å². The summed E-state index contributed by atoms with van der Waals surface area (Å²) in [6.45, 7) is 5.76. The van der Waals surface area contributed by atoms with Crippen LogP contribution in [0.15, 0.2) is 55.3 Å². The molecular formula is C21H24FNO2. The van der Waals surface area contributed by atoms with Crippen molar-refractivity contribution in [1.82, 2.24) is 4.98 Å². The molecule has 25 heavy (non-hydrogen) atoms. The average Bonchev–Trinajstić information content (AvgIpc) is 2.61. The highest BCUT2D eigenvalue weighted by molar-refractivity contribution is 5.65. The standard InChI is InChI=1S/C21H24FNO2/c1-3-13-25-21-12-11-19(15-23-21)18-10-9-17(20(22)14-18)8-6-4-5-7-16(2)24/h3,6,8-12,14-16,24H,1,4-5,7,13H2,2H3/b8-6+. The molecule has 4 heteroatoms. The topological polar surface area (TPSA) is 42.4 Å². The normalized spacial score (nSPS) is 12.3. The molecule has 1 unspecified atom stereocenters. The van der Waals surface area contributed by atoms with Crippen molar-refractivity contribution in [2.45, 2.75) is 32.3 Å². The zero-order chi connectivity index (χ0) is 18.1. The summed E-state index contributed by atoms with van der Waals surface area (Å²) in [4.78, 5) is 4.20. The summed E-state index contributed by atoms with van der Waals surface area (Å²) in [6.07, 6.45) is 9.22. The summed E-state index contributed by atoms with van der Waals surface area (Å²) in [6, 6.07) is 8.76. The quantitative estimate of drug-likeness (QED) is 0.514. The Morgan fingerprint density at radius 1 is 1.28 bits per heavy atom. The molecule has 1 atom stereocenters. The Labute approximate surface area is 148 Å². The van der Waals surface area contributed by atoms with Gasteiger partial charge in [0.25, 0.3) is 0 Å². The highest BCUT2D eigenvalue weighted by Gasteiger charge is 2.04. The van der Waals surface area contributed by atoms with Gasteiger partial charge >= 0.3 is 0 Å². The van der Waals surface area contributed by atoms with Crippen molar-refractivity contribution in [3.63, 3.8) is 0 Å². The molecular weight excluding hydrogens is 317 g/mol. The average molecular weight is 341 g/mol. The van der Waals surface area contributed by atoms with E-state index in [1.165, 1.54) is 6.07 Å². The molecule has 1 heterocycles. The molecule has 0 saturated heterocycles. The number of rotatable bonds is 9. The van der Waals surface area contributed by atoms with Gasteiger partial charge < -0.3 is 9.84 Å². The highest BCUT2D eigenvalue weighted by atomic mass is 19.1. The van der Waals surface area contributed by atoms with Gasteiger partial charge in [0.2, 0.25) is 5.88 Å². The van der Waals surface area contributed by atoms with Crippen LogP contribution in [0.4, 0.5) is 4.39 Å². The molecule has 0 aliphatic carbocycles. The largest absolute Gasteiger partial charge is 0.473 e. The van der Waals surface area contributed by atoms with E-state index in [1.807, 2.05) is 18.2 Å². The molecule has 132 valence electrons. The smallest absolute Gasteiger partial charge is 0.213 e. The first kappa shape index (κ1) is 18.9. The third kappa shape index (κ3) is 6.16. The summed E-state index contributed by atoms with van der Waals surface area (Å²) in [5, 5.41) is 9.21. The Hall–Kier alpha value is -2.46. The molecule has 1 N–H and O–H groups in total. The van der Waals surface area contributed by atoms with Crippen molar-refractivity contribution < 1.29 is 14.2 Å². The van der Waals surface area contributed by atoms with Crippen LogP contribution < -0.4 is 4.74 Å². The van der Waals surface area contributed by atoms with Crippen LogP contribution in [0.3, 0.4) is 0 Å². The second kappa shape index (κ2) is 9.74. The van der Waals surface area contributed by atoms with Crippen LogP contribution in [-0.2, 0) is 0 Å². The maximum absolute atomic E-state index is 14.3. The number of aliphatic hydroxyl groups excluding tert-OH is 1. The molecule has 0 aliphatic rings. The lowest BCUT2D eigenvalue weighted by Gasteiger charge is -2.06. The first-order valence-corrected chi connectivity index (χ1v) is 8.44. The predicted octanol–water partition coefficient (Wildman–Crippen LogP) is 5.02. The third-order valence-electron chi connectivity index (χ3n) is 3.71. The lowest BCUT2D eigenvalue weighted by atomic mass is 10.0. The molecule has 0 amide bonds. The van der Waals surface area contributed by atoms with Gasteiger partial charge in [-0.2, -0.15) is 0 Å². The summed E-state index contributed by atoms with van der Waals surface area (Å²) in [5.74, 6) is 0.247. The number of halogens is 1. The Morgan fingerprint density at radius 2 is 2.08 bits per heavy atom. The number of pyridine rings is 1. The Balaban J connectivity index is 2.00. The predicted molar refractivity (Wildman–Crippen MR) is 99.9 cm³/mol. The summed E-state index contributed by atoms with van der Waals surface area (Å²) < 4.78 is 19.6. The van der Waals surface area contributed by atoms with Crippen LogP contribution in [-0.4, -0.2) is 22.8 Å². The van der Waals surface area contributed by atoms with Gasteiger partial charge in [0.05, 0.1) is 6.10 Å². The van der Waals surface area contributed by atoms with E-state index in [4.69, 9.17) is 4.74 Å². The zero-order valence-electron chi connectivity index (χ0n) is 14.5. The van der Waals surface area contributed by atoms with E-state index in [2.05, 4.69) is 11.6 Å². The number of nitrogens with zero attached hydrogens (tertiary/aromatic N) is 1. The molecule has 1 aromatic carbocycles. The number of hydrogen-bond acceptors (Lipinski definition) is 3. The zero-order valence-corrected chi connectivity index (χ0v) is 14.5. The number of benzene rings is 1. The van der Waals surface area contributed by atoms with Crippen LogP contribution in [0.2, 0.25) is 0 Å². The summed E-state index contributed by atoms with van der Waals surface area (Å²) in [7, 11) is 0. The fraction of sp³-hybridized carbons (Fsp3) is 0.286. The first-order valence-electron chi connectivity index (χ1n) is 8.44. The molecule has 1 aromatic heterocycles. The van der Waals surface area contributed by atoms with E-state index >= 15 is 0 Å². The van der Waals surface area contributed by atoms with Crippen molar-refractivity contribution in [3.8, 4) is 17.0 Å². The van der Waals surface area contributed by atoms with E-state index in [9.17, 15) is 9.50 Å². The lowest BCUT2D eigenvalue weighted by Crippen LogP contribution is -1.97. The molecule has 2 rings (SSSR count). The number of aliphatic hydroxyl groups is 1. The van der Waals surface area contributed by atoms with Gasteiger partial charge in [0.1, 0.15) is 12.4 Å². The number of allylic oxidation sites excluding steroid dienone is 1. The maximum Gasteiger partial charge on any atom is 0.213 e. The Morgan fingerprint density at radius 3 is 2.72 bits per heavy atom. The summed E-state index contributed by atoms with van der Waals surface area (Å²) in [5.41, 5.74) is 2.16. The monoisotopic (exact) mass is 341 g/mol. The fourth-order valence-electron chi connectivity index (χ4n) is 2.36. The number of ether oxygens (including phenoxy) is 1. The van der Waals surface area contributed by atoms with Gasteiger partial charge in [-0.25, -0.2) is 9.37 Å². The third-order valence-corrected chi connectivity index (χ3v) is 3.71. The van der Waals surface area contributed by atoms with E-state index in [-0.39, 0.29) is 11.9 Å². The van der Waals surface area contributed by atoms with E-state index in [1.54, 1.807) is 37.4 Å².